The molecule has 1 fully saturated rings. The van der Waals surface area contributed by atoms with Crippen LogP contribution in [0.15, 0.2) is 79.1 Å². The predicted octanol–water partition coefficient (Wildman–Crippen LogP) is 4.00. The van der Waals surface area contributed by atoms with Gasteiger partial charge in [-0.3, -0.25) is 14.8 Å². The lowest BCUT2D eigenvalue weighted by Gasteiger charge is -2.30. The number of ether oxygens (including phenoxy) is 2. The summed E-state index contributed by atoms with van der Waals surface area (Å²) < 4.78 is 11.5. The summed E-state index contributed by atoms with van der Waals surface area (Å²) in [5.74, 6) is 0.913. The van der Waals surface area contributed by atoms with Crippen molar-refractivity contribution in [3.8, 4) is 5.75 Å². The first-order valence-corrected chi connectivity index (χ1v) is 11.0. The molecule has 0 amide bonds. The molecular weight excluding hydrogens is 386 g/mol. The SMILES string of the molecule is c1ccc(COc2cccc(CN(CCN3CCOCC3)Cc3cccnc3)c2)cc1. The highest BCUT2D eigenvalue weighted by Gasteiger charge is 2.14. The van der Waals surface area contributed by atoms with Crippen molar-refractivity contribution in [1.29, 1.82) is 0 Å². The highest BCUT2D eigenvalue weighted by atomic mass is 16.5. The number of hydrogen-bond donors (Lipinski definition) is 0. The molecule has 0 N–H and O–H groups in total. The van der Waals surface area contributed by atoms with Gasteiger partial charge in [0.15, 0.2) is 0 Å². The molecule has 0 aliphatic carbocycles. The van der Waals surface area contributed by atoms with Crippen molar-refractivity contribution >= 4 is 0 Å². The first kappa shape index (κ1) is 21.5. The quantitative estimate of drug-likeness (QED) is 0.499. The van der Waals surface area contributed by atoms with Crippen LogP contribution >= 0.6 is 0 Å². The molecular formula is C26H31N3O2. The summed E-state index contributed by atoms with van der Waals surface area (Å²) in [5.41, 5.74) is 3.68. The number of nitrogens with zero attached hydrogens (tertiary/aromatic N) is 3. The van der Waals surface area contributed by atoms with Gasteiger partial charge in [0, 0.05) is 51.7 Å². The van der Waals surface area contributed by atoms with E-state index in [1.807, 2.05) is 42.7 Å². The van der Waals surface area contributed by atoms with Crippen LogP contribution in [0, 0.1) is 0 Å². The monoisotopic (exact) mass is 417 g/mol. The van der Waals surface area contributed by atoms with Crippen LogP contribution in [0.5, 0.6) is 5.75 Å². The molecule has 5 nitrogen and oxygen atoms in total. The van der Waals surface area contributed by atoms with Gasteiger partial charge in [0.05, 0.1) is 13.2 Å². The van der Waals surface area contributed by atoms with Crippen LogP contribution in [-0.2, 0) is 24.4 Å². The van der Waals surface area contributed by atoms with E-state index < -0.39 is 0 Å². The molecule has 5 heteroatoms. The third kappa shape index (κ3) is 7.17. The molecule has 1 aliphatic rings. The first-order valence-electron chi connectivity index (χ1n) is 11.0. The van der Waals surface area contributed by atoms with E-state index in [0.29, 0.717) is 6.61 Å². The van der Waals surface area contributed by atoms with Crippen LogP contribution in [-0.4, -0.2) is 54.2 Å². The summed E-state index contributed by atoms with van der Waals surface area (Å²) in [5, 5.41) is 0. The Morgan fingerprint density at radius 1 is 0.871 bits per heavy atom. The summed E-state index contributed by atoms with van der Waals surface area (Å²) in [6.07, 6.45) is 3.79. The molecule has 3 aromatic rings. The second kappa shape index (κ2) is 11.6. The number of rotatable bonds is 10. The van der Waals surface area contributed by atoms with Gasteiger partial charge in [0.1, 0.15) is 12.4 Å². The van der Waals surface area contributed by atoms with E-state index in [-0.39, 0.29) is 0 Å². The van der Waals surface area contributed by atoms with E-state index >= 15 is 0 Å². The van der Waals surface area contributed by atoms with Crippen LogP contribution in [0.4, 0.5) is 0 Å². The van der Waals surface area contributed by atoms with Gasteiger partial charge in [0.2, 0.25) is 0 Å². The Morgan fingerprint density at radius 3 is 2.45 bits per heavy atom. The molecule has 1 aromatic heterocycles. The van der Waals surface area contributed by atoms with Gasteiger partial charge in [-0.05, 0) is 34.9 Å². The standard InChI is InChI=1S/C26H31N3O2/c1-2-6-23(7-3-1)22-31-26-10-4-8-24(18-26)20-29(21-25-9-5-11-27-19-25)13-12-28-14-16-30-17-15-28/h1-11,18-19H,12-17,20-22H2. The van der Waals surface area contributed by atoms with E-state index in [1.165, 1.54) is 16.7 Å². The van der Waals surface area contributed by atoms with Gasteiger partial charge >= 0.3 is 0 Å². The van der Waals surface area contributed by atoms with Crippen LogP contribution < -0.4 is 4.74 Å². The maximum absolute atomic E-state index is 6.04. The molecule has 1 aliphatic heterocycles. The Hall–Kier alpha value is -2.73. The van der Waals surface area contributed by atoms with E-state index in [1.54, 1.807) is 0 Å². The smallest absolute Gasteiger partial charge is 0.120 e. The fraction of sp³-hybridized carbons (Fsp3) is 0.346. The van der Waals surface area contributed by atoms with Crippen LogP contribution in [0.2, 0.25) is 0 Å². The van der Waals surface area contributed by atoms with Crippen molar-refractivity contribution in [2.24, 2.45) is 0 Å². The number of hydrogen-bond acceptors (Lipinski definition) is 5. The third-order valence-corrected chi connectivity index (χ3v) is 5.52. The molecule has 2 aromatic carbocycles. The predicted molar refractivity (Wildman–Crippen MR) is 123 cm³/mol. The molecule has 4 rings (SSSR count). The number of aromatic nitrogens is 1. The van der Waals surface area contributed by atoms with Crippen molar-refractivity contribution in [1.82, 2.24) is 14.8 Å². The van der Waals surface area contributed by atoms with Gasteiger partial charge in [-0.2, -0.15) is 0 Å². The molecule has 1 saturated heterocycles. The number of morpholine rings is 1. The van der Waals surface area contributed by atoms with Crippen LogP contribution in [0.25, 0.3) is 0 Å². The highest BCUT2D eigenvalue weighted by Crippen LogP contribution is 2.18. The molecule has 0 spiro atoms. The minimum Gasteiger partial charge on any atom is -0.489 e. The zero-order chi connectivity index (χ0) is 21.1. The second-order valence-corrected chi connectivity index (χ2v) is 7.95. The van der Waals surface area contributed by atoms with Gasteiger partial charge < -0.3 is 9.47 Å². The topological polar surface area (TPSA) is 37.8 Å². The number of benzene rings is 2. The van der Waals surface area contributed by atoms with Gasteiger partial charge in [-0.1, -0.05) is 48.5 Å². The zero-order valence-electron chi connectivity index (χ0n) is 18.0. The van der Waals surface area contributed by atoms with Crippen LogP contribution in [0.1, 0.15) is 16.7 Å². The number of pyridine rings is 1. The largest absolute Gasteiger partial charge is 0.489 e. The summed E-state index contributed by atoms with van der Waals surface area (Å²) in [7, 11) is 0. The molecule has 0 atom stereocenters. The van der Waals surface area contributed by atoms with Gasteiger partial charge in [-0.15, -0.1) is 0 Å². The van der Waals surface area contributed by atoms with Crippen molar-refractivity contribution in [2.45, 2.75) is 19.7 Å². The maximum Gasteiger partial charge on any atom is 0.120 e. The molecule has 162 valence electrons. The molecule has 0 radical (unpaired) electrons. The van der Waals surface area contributed by atoms with Gasteiger partial charge in [0.25, 0.3) is 0 Å². The Bertz CT molecular complexity index is 899. The van der Waals surface area contributed by atoms with E-state index in [4.69, 9.17) is 9.47 Å². The third-order valence-electron chi connectivity index (χ3n) is 5.52. The van der Waals surface area contributed by atoms with Crippen molar-refractivity contribution in [3.05, 3.63) is 95.8 Å². The van der Waals surface area contributed by atoms with Crippen molar-refractivity contribution in [2.75, 3.05) is 39.4 Å². The Labute approximate surface area is 185 Å². The maximum atomic E-state index is 6.04. The molecule has 2 heterocycles. The minimum atomic E-state index is 0.584. The van der Waals surface area contributed by atoms with Crippen molar-refractivity contribution in [3.63, 3.8) is 0 Å². The van der Waals surface area contributed by atoms with E-state index in [0.717, 1.165) is 58.2 Å². The molecule has 0 bridgehead atoms. The fourth-order valence-electron chi connectivity index (χ4n) is 3.80. The second-order valence-electron chi connectivity index (χ2n) is 7.95. The fourth-order valence-corrected chi connectivity index (χ4v) is 3.80. The highest BCUT2D eigenvalue weighted by molar-refractivity contribution is 5.29. The summed E-state index contributed by atoms with van der Waals surface area (Å²) in [4.78, 5) is 9.26. The zero-order valence-corrected chi connectivity index (χ0v) is 18.0. The summed E-state index contributed by atoms with van der Waals surface area (Å²) in [6, 6.07) is 22.9. The average molecular weight is 418 g/mol. The molecule has 0 saturated carbocycles. The molecule has 31 heavy (non-hydrogen) atoms. The lowest BCUT2D eigenvalue weighted by molar-refractivity contribution is 0.0325. The minimum absolute atomic E-state index is 0.584. The lowest BCUT2D eigenvalue weighted by atomic mass is 10.1. The Balaban J connectivity index is 1.38. The normalized spacial score (nSPS) is 14.6. The summed E-state index contributed by atoms with van der Waals surface area (Å²) in [6.45, 7) is 8.10. The summed E-state index contributed by atoms with van der Waals surface area (Å²) >= 11 is 0. The Morgan fingerprint density at radius 2 is 1.65 bits per heavy atom. The van der Waals surface area contributed by atoms with E-state index in [9.17, 15) is 0 Å². The van der Waals surface area contributed by atoms with Gasteiger partial charge in [-0.25, -0.2) is 0 Å². The first-order chi connectivity index (χ1) is 15.3. The average Bonchev–Trinajstić information content (AvgIpc) is 2.83. The van der Waals surface area contributed by atoms with Crippen molar-refractivity contribution < 1.29 is 9.47 Å². The van der Waals surface area contributed by atoms with Crippen LogP contribution in [0.3, 0.4) is 0 Å². The van der Waals surface area contributed by atoms with E-state index in [2.05, 4.69) is 51.2 Å². The Kier molecular flexibility index (Phi) is 8.05. The molecule has 0 unspecified atom stereocenters. The lowest BCUT2D eigenvalue weighted by Crippen LogP contribution is -2.41.